The number of rotatable bonds is 0. The van der Waals surface area contributed by atoms with Crippen molar-refractivity contribution in [2.45, 2.75) is 6.92 Å². The topological polar surface area (TPSA) is 69.1 Å². The smallest absolute Gasteiger partial charge is 0.255 e. The highest BCUT2D eigenvalue weighted by molar-refractivity contribution is 5.38. The molecular formula is C6H7N5. The minimum absolute atomic E-state index is 0.580. The van der Waals surface area contributed by atoms with Gasteiger partial charge in [-0.15, -0.1) is 10.2 Å². The molecule has 0 spiro atoms. The van der Waals surface area contributed by atoms with Crippen LogP contribution in [-0.2, 0) is 0 Å². The molecule has 0 bridgehead atoms. The molecule has 11 heavy (non-hydrogen) atoms. The number of nitrogens with zero attached hydrogens (tertiary/aromatic N) is 4. The van der Waals surface area contributed by atoms with Crippen molar-refractivity contribution < 1.29 is 0 Å². The molecule has 0 atom stereocenters. The van der Waals surface area contributed by atoms with Crippen LogP contribution in [0.5, 0.6) is 0 Å². The molecule has 0 aromatic carbocycles. The predicted octanol–water partition coefficient (Wildman–Crippen LogP) is 0.0149. The van der Waals surface area contributed by atoms with E-state index in [0.29, 0.717) is 11.5 Å². The zero-order valence-corrected chi connectivity index (χ0v) is 6.02. The van der Waals surface area contributed by atoms with Crippen LogP contribution in [0.2, 0.25) is 0 Å². The number of hydrogen-bond donors (Lipinski definition) is 1. The third-order valence-corrected chi connectivity index (χ3v) is 1.46. The first kappa shape index (κ1) is 6.09. The van der Waals surface area contributed by atoms with E-state index in [1.807, 2.05) is 6.92 Å². The Morgan fingerprint density at radius 3 is 3.09 bits per heavy atom. The third-order valence-electron chi connectivity index (χ3n) is 1.46. The molecular weight excluding hydrogens is 142 g/mol. The van der Waals surface area contributed by atoms with E-state index in [1.165, 1.54) is 0 Å². The van der Waals surface area contributed by atoms with Gasteiger partial charge in [-0.3, -0.25) is 4.40 Å². The molecule has 5 nitrogen and oxygen atoms in total. The molecule has 0 saturated heterocycles. The standard InChI is InChI=1S/C6H7N5/c1-4-9-10-6-8-2-5(7)3-11(4)6/h2-3H,7H2,1H3. The number of nitrogens with two attached hydrogens (primary N) is 1. The van der Waals surface area contributed by atoms with Gasteiger partial charge < -0.3 is 5.73 Å². The maximum atomic E-state index is 5.51. The maximum absolute atomic E-state index is 5.51. The van der Waals surface area contributed by atoms with E-state index in [1.54, 1.807) is 16.8 Å². The normalized spacial score (nSPS) is 10.6. The Morgan fingerprint density at radius 2 is 2.27 bits per heavy atom. The first-order valence-corrected chi connectivity index (χ1v) is 3.20. The highest BCUT2D eigenvalue weighted by Gasteiger charge is 1.99. The number of aryl methyl sites for hydroxylation is 1. The second-order valence-corrected chi connectivity index (χ2v) is 2.30. The summed E-state index contributed by atoms with van der Waals surface area (Å²) in [6.07, 6.45) is 3.31. The largest absolute Gasteiger partial charge is 0.396 e. The summed E-state index contributed by atoms with van der Waals surface area (Å²) in [5.74, 6) is 1.37. The number of fused-ring (bicyclic) bond motifs is 1. The molecule has 0 unspecified atom stereocenters. The highest BCUT2D eigenvalue weighted by Crippen LogP contribution is 2.02. The van der Waals surface area contributed by atoms with Gasteiger partial charge in [-0.2, -0.15) is 0 Å². The molecule has 0 fully saturated rings. The van der Waals surface area contributed by atoms with Crippen molar-refractivity contribution in [2.75, 3.05) is 5.73 Å². The van der Waals surface area contributed by atoms with Gasteiger partial charge in [0.15, 0.2) is 0 Å². The highest BCUT2D eigenvalue weighted by atomic mass is 15.3. The second-order valence-electron chi connectivity index (χ2n) is 2.30. The molecule has 0 amide bonds. The number of anilines is 1. The summed E-state index contributed by atoms with van der Waals surface area (Å²) < 4.78 is 1.75. The van der Waals surface area contributed by atoms with E-state index < -0.39 is 0 Å². The summed E-state index contributed by atoms with van der Waals surface area (Å²) in [7, 11) is 0. The van der Waals surface area contributed by atoms with Crippen molar-refractivity contribution in [3.63, 3.8) is 0 Å². The Bertz CT molecular complexity index is 391. The summed E-state index contributed by atoms with van der Waals surface area (Å²) in [6, 6.07) is 0. The molecule has 0 aliphatic rings. The van der Waals surface area contributed by atoms with E-state index in [-0.39, 0.29) is 0 Å². The molecule has 2 aromatic rings. The van der Waals surface area contributed by atoms with E-state index in [4.69, 9.17) is 5.73 Å². The molecule has 0 saturated carbocycles. The molecule has 2 rings (SSSR count). The molecule has 56 valence electrons. The average molecular weight is 149 g/mol. The Balaban J connectivity index is 2.87. The summed E-state index contributed by atoms with van der Waals surface area (Å²) in [4.78, 5) is 3.97. The van der Waals surface area contributed by atoms with E-state index in [9.17, 15) is 0 Å². The fraction of sp³-hybridized carbons (Fsp3) is 0.167. The van der Waals surface area contributed by atoms with Gasteiger partial charge in [0.05, 0.1) is 11.9 Å². The van der Waals surface area contributed by atoms with Crippen molar-refractivity contribution in [2.24, 2.45) is 0 Å². The van der Waals surface area contributed by atoms with Crippen LogP contribution in [0.25, 0.3) is 5.78 Å². The molecule has 2 aromatic heterocycles. The van der Waals surface area contributed by atoms with Crippen LogP contribution in [-0.4, -0.2) is 19.6 Å². The first-order valence-electron chi connectivity index (χ1n) is 3.20. The lowest BCUT2D eigenvalue weighted by Gasteiger charge is -1.93. The molecule has 2 N–H and O–H groups in total. The summed E-state index contributed by atoms with van der Waals surface area (Å²) in [5.41, 5.74) is 6.12. The van der Waals surface area contributed by atoms with Gasteiger partial charge in [0.1, 0.15) is 5.82 Å². The number of hydrogen-bond acceptors (Lipinski definition) is 4. The fourth-order valence-corrected chi connectivity index (χ4v) is 0.912. The Hall–Kier alpha value is -1.65. The van der Waals surface area contributed by atoms with Crippen LogP contribution < -0.4 is 5.73 Å². The van der Waals surface area contributed by atoms with Gasteiger partial charge in [0.25, 0.3) is 5.78 Å². The van der Waals surface area contributed by atoms with Gasteiger partial charge in [0.2, 0.25) is 0 Å². The molecule has 5 heteroatoms. The zero-order chi connectivity index (χ0) is 7.84. The third kappa shape index (κ3) is 0.813. The lowest BCUT2D eigenvalue weighted by molar-refractivity contribution is 1.01. The van der Waals surface area contributed by atoms with Crippen molar-refractivity contribution in [1.82, 2.24) is 19.6 Å². The minimum Gasteiger partial charge on any atom is -0.396 e. The van der Waals surface area contributed by atoms with Gasteiger partial charge in [-0.25, -0.2) is 4.98 Å². The minimum atomic E-state index is 0.580. The van der Waals surface area contributed by atoms with Crippen molar-refractivity contribution in [1.29, 1.82) is 0 Å². The van der Waals surface area contributed by atoms with E-state index in [2.05, 4.69) is 15.2 Å². The first-order chi connectivity index (χ1) is 5.27. The van der Waals surface area contributed by atoms with E-state index in [0.717, 1.165) is 5.82 Å². The van der Waals surface area contributed by atoms with Crippen molar-refractivity contribution in [3.8, 4) is 0 Å². The number of nitrogen functional groups attached to an aromatic ring is 1. The Kier molecular flexibility index (Phi) is 1.06. The van der Waals surface area contributed by atoms with Gasteiger partial charge >= 0.3 is 0 Å². The van der Waals surface area contributed by atoms with Gasteiger partial charge in [-0.05, 0) is 6.92 Å². The SMILES string of the molecule is Cc1nnc2ncc(N)cn12. The van der Waals surface area contributed by atoms with Crippen LogP contribution in [0.15, 0.2) is 12.4 Å². The lowest BCUT2D eigenvalue weighted by atomic mass is 10.5. The summed E-state index contributed by atoms with van der Waals surface area (Å²) in [6.45, 7) is 1.85. The Labute approximate surface area is 62.9 Å². The predicted molar refractivity (Wildman–Crippen MR) is 39.9 cm³/mol. The van der Waals surface area contributed by atoms with Crippen LogP contribution >= 0.6 is 0 Å². The van der Waals surface area contributed by atoms with Crippen LogP contribution in [0.4, 0.5) is 5.69 Å². The lowest BCUT2D eigenvalue weighted by Crippen LogP contribution is -1.94. The molecule has 0 aliphatic carbocycles. The molecule has 2 heterocycles. The summed E-state index contributed by atoms with van der Waals surface area (Å²) in [5, 5.41) is 7.64. The van der Waals surface area contributed by atoms with E-state index >= 15 is 0 Å². The second kappa shape index (κ2) is 1.91. The summed E-state index contributed by atoms with van der Waals surface area (Å²) >= 11 is 0. The van der Waals surface area contributed by atoms with Gasteiger partial charge in [-0.1, -0.05) is 0 Å². The zero-order valence-electron chi connectivity index (χ0n) is 6.02. The van der Waals surface area contributed by atoms with Crippen molar-refractivity contribution >= 4 is 11.5 Å². The van der Waals surface area contributed by atoms with Gasteiger partial charge in [0, 0.05) is 6.20 Å². The Morgan fingerprint density at radius 1 is 1.45 bits per heavy atom. The number of aromatic nitrogens is 4. The maximum Gasteiger partial charge on any atom is 0.255 e. The average Bonchev–Trinajstić information content (AvgIpc) is 2.33. The fourth-order valence-electron chi connectivity index (χ4n) is 0.912. The molecule has 0 radical (unpaired) electrons. The quantitative estimate of drug-likeness (QED) is 0.573. The molecule has 0 aliphatic heterocycles. The van der Waals surface area contributed by atoms with Crippen LogP contribution in [0, 0.1) is 6.92 Å². The van der Waals surface area contributed by atoms with Crippen molar-refractivity contribution in [3.05, 3.63) is 18.2 Å². The monoisotopic (exact) mass is 149 g/mol. The van der Waals surface area contributed by atoms with Crippen LogP contribution in [0.1, 0.15) is 5.82 Å². The van der Waals surface area contributed by atoms with Crippen LogP contribution in [0.3, 0.4) is 0 Å².